The van der Waals surface area contributed by atoms with Crippen LogP contribution in [0.25, 0.3) is 11.3 Å². The third kappa shape index (κ3) is 6.90. The molecule has 1 unspecified atom stereocenters. The van der Waals surface area contributed by atoms with Crippen molar-refractivity contribution in [2.75, 3.05) is 32.6 Å². The van der Waals surface area contributed by atoms with E-state index < -0.39 is 11.9 Å². The maximum absolute atomic E-state index is 13.0. The number of piperidine rings is 1. The van der Waals surface area contributed by atoms with E-state index in [0.717, 1.165) is 54.6 Å². The number of imide groups is 1. The molecule has 3 heterocycles. The maximum Gasteiger partial charge on any atom is 0.255 e. The number of amides is 3. The van der Waals surface area contributed by atoms with Gasteiger partial charge in [-0.3, -0.25) is 19.7 Å². The molecule has 2 aromatic carbocycles. The van der Waals surface area contributed by atoms with Gasteiger partial charge >= 0.3 is 0 Å². The van der Waals surface area contributed by atoms with Gasteiger partial charge in [0.1, 0.15) is 17.5 Å². The minimum absolute atomic E-state index is 0.194. The molecule has 0 spiro atoms. The number of nitrogens with one attached hydrogen (secondary N) is 2. The van der Waals surface area contributed by atoms with Crippen LogP contribution in [0, 0.1) is 11.8 Å². The highest BCUT2D eigenvalue weighted by Crippen LogP contribution is 2.32. The fourth-order valence-corrected chi connectivity index (χ4v) is 6.42. The van der Waals surface area contributed by atoms with Gasteiger partial charge in [0.05, 0.1) is 38.2 Å². The molecule has 1 atom stereocenters. The molecule has 3 aromatic rings. The quantitative estimate of drug-likeness (QED) is 0.134. The molecule has 240 valence electrons. The molecule has 2 fully saturated rings. The predicted octanol–water partition coefficient (Wildman–Crippen LogP) is 2.83. The number of anilines is 1. The molecule has 46 heavy (non-hydrogen) atoms. The number of rotatable bonds is 10. The van der Waals surface area contributed by atoms with Crippen LogP contribution in [0.2, 0.25) is 0 Å². The molecule has 12 heteroatoms. The first kappa shape index (κ1) is 31.3. The lowest BCUT2D eigenvalue weighted by atomic mass is 9.91. The summed E-state index contributed by atoms with van der Waals surface area (Å²) in [6.07, 6.45) is 7.32. The van der Waals surface area contributed by atoms with Crippen LogP contribution in [0.1, 0.15) is 72.5 Å². The zero-order valence-corrected chi connectivity index (χ0v) is 26.0. The number of nitrogen functional groups attached to an aromatic ring is 1. The molecule has 4 N–H and O–H groups in total. The highest BCUT2D eigenvalue weighted by Gasteiger charge is 2.39. The van der Waals surface area contributed by atoms with Gasteiger partial charge in [-0.15, -0.1) is 5.10 Å². The van der Waals surface area contributed by atoms with E-state index in [1.165, 1.54) is 0 Å². The number of aromatic nitrogens is 3. The van der Waals surface area contributed by atoms with Crippen molar-refractivity contribution < 1.29 is 23.9 Å². The normalized spacial score (nSPS) is 21.0. The summed E-state index contributed by atoms with van der Waals surface area (Å²) in [5.41, 5.74) is 10.4. The van der Waals surface area contributed by atoms with Gasteiger partial charge in [-0.2, -0.15) is 0 Å². The first-order valence-electron chi connectivity index (χ1n) is 15.8. The van der Waals surface area contributed by atoms with E-state index in [1.54, 1.807) is 18.1 Å². The number of benzene rings is 2. The number of hydrogen-bond acceptors (Lipinski definition) is 9. The summed E-state index contributed by atoms with van der Waals surface area (Å²) in [7, 11) is 1.60. The number of carbonyl (C=O) groups excluding carboxylic acids is 3. The largest absolute Gasteiger partial charge is 0.495 e. The minimum atomic E-state index is -0.635. The van der Waals surface area contributed by atoms with Crippen molar-refractivity contribution in [2.45, 2.75) is 69.6 Å². The van der Waals surface area contributed by atoms with Crippen molar-refractivity contribution in [3.63, 3.8) is 0 Å². The molecule has 0 radical (unpaired) electrons. The summed E-state index contributed by atoms with van der Waals surface area (Å²) in [4.78, 5) is 38.4. The summed E-state index contributed by atoms with van der Waals surface area (Å²) in [5.74, 6) is 6.07. The molecular weight excluding hydrogens is 586 g/mol. The number of nitrogens with zero attached hydrogens (tertiary/aromatic N) is 4. The van der Waals surface area contributed by atoms with Crippen molar-refractivity contribution in [1.29, 1.82) is 0 Å². The Kier molecular flexibility index (Phi) is 9.61. The van der Waals surface area contributed by atoms with E-state index >= 15 is 0 Å². The van der Waals surface area contributed by atoms with Crippen LogP contribution in [-0.4, -0.2) is 76.6 Å². The Bertz CT molecular complexity index is 1670. The minimum Gasteiger partial charge on any atom is -0.495 e. The number of hydrogen-bond donors (Lipinski definition) is 3. The molecule has 2 aliphatic heterocycles. The van der Waals surface area contributed by atoms with E-state index in [0.29, 0.717) is 61.7 Å². The zero-order chi connectivity index (χ0) is 32.0. The van der Waals surface area contributed by atoms with E-state index in [9.17, 15) is 14.4 Å². The third-order valence-electron chi connectivity index (χ3n) is 8.97. The highest BCUT2D eigenvalue weighted by atomic mass is 16.5. The van der Waals surface area contributed by atoms with Gasteiger partial charge in [0, 0.05) is 48.7 Å². The Morgan fingerprint density at radius 2 is 1.93 bits per heavy atom. The van der Waals surface area contributed by atoms with Gasteiger partial charge in [0.25, 0.3) is 5.91 Å². The molecule has 1 saturated carbocycles. The lowest BCUT2D eigenvalue weighted by Crippen LogP contribution is -2.52. The molecule has 12 nitrogen and oxygen atoms in total. The summed E-state index contributed by atoms with van der Waals surface area (Å²) >= 11 is 0. The van der Waals surface area contributed by atoms with E-state index in [1.807, 2.05) is 41.2 Å². The lowest BCUT2D eigenvalue weighted by Gasteiger charge is -2.29. The number of nitrogens with two attached hydrogens (primary N) is 1. The smallest absolute Gasteiger partial charge is 0.255 e. The van der Waals surface area contributed by atoms with E-state index in [4.69, 9.17) is 15.2 Å². The van der Waals surface area contributed by atoms with E-state index in [2.05, 4.69) is 32.8 Å². The summed E-state index contributed by atoms with van der Waals surface area (Å²) in [6.45, 7) is 2.22. The van der Waals surface area contributed by atoms with Gasteiger partial charge in [0.15, 0.2) is 0 Å². The van der Waals surface area contributed by atoms with Gasteiger partial charge < -0.3 is 25.4 Å². The fraction of sp³-hybridized carbons (Fsp3) is 0.441. The Hall–Kier alpha value is -4.73. The SMILES string of the molecule is COc1cc(-c2cn(C3CCC(NCCOCCC#Cc4cccc5c4CN(C4CCC(=O)NC4=O)C5=O)CC3)nn2)ccc1N. The van der Waals surface area contributed by atoms with Crippen molar-refractivity contribution in [2.24, 2.45) is 0 Å². The Morgan fingerprint density at radius 3 is 2.74 bits per heavy atom. The van der Waals surface area contributed by atoms with Gasteiger partial charge in [-0.1, -0.05) is 29.2 Å². The summed E-state index contributed by atoms with van der Waals surface area (Å²) < 4.78 is 13.1. The predicted molar refractivity (Wildman–Crippen MR) is 171 cm³/mol. The van der Waals surface area contributed by atoms with Gasteiger partial charge in [0.2, 0.25) is 11.8 Å². The van der Waals surface area contributed by atoms with Crippen molar-refractivity contribution in [1.82, 2.24) is 30.5 Å². The molecule has 3 aliphatic rings. The second-order valence-electron chi connectivity index (χ2n) is 11.9. The standard InChI is InChI=1S/C34H39N7O5/c1-45-31-19-23(8-13-28(31)35)29-21-41(39-38-29)25-11-9-24(10-12-25)36-16-18-46-17-3-2-5-22-6-4-7-26-27(22)20-40(34(26)44)30-14-15-32(42)37-33(30)43/h4,6-8,13,19,21,24-25,30,36H,3,9-12,14-18,20,35H2,1H3,(H,37,42,43). The number of fused-ring (bicyclic) bond motifs is 1. The monoisotopic (exact) mass is 625 g/mol. The molecule has 3 amide bonds. The second kappa shape index (κ2) is 14.1. The zero-order valence-electron chi connectivity index (χ0n) is 26.0. The first-order valence-corrected chi connectivity index (χ1v) is 15.8. The van der Waals surface area contributed by atoms with Crippen molar-refractivity contribution >= 4 is 23.4 Å². The van der Waals surface area contributed by atoms with Gasteiger partial charge in [-0.05, 0) is 61.9 Å². The first-order chi connectivity index (χ1) is 22.4. The lowest BCUT2D eigenvalue weighted by molar-refractivity contribution is -0.136. The van der Waals surface area contributed by atoms with Crippen molar-refractivity contribution in [3.8, 4) is 28.8 Å². The van der Waals surface area contributed by atoms with Crippen LogP contribution >= 0.6 is 0 Å². The average molecular weight is 626 g/mol. The van der Waals surface area contributed by atoms with Crippen molar-refractivity contribution in [3.05, 3.63) is 59.3 Å². The number of methoxy groups -OCH3 is 1. The third-order valence-corrected chi connectivity index (χ3v) is 8.97. The summed E-state index contributed by atoms with van der Waals surface area (Å²) in [5, 5.41) is 14.7. The maximum atomic E-state index is 13.0. The molecule has 1 aromatic heterocycles. The highest BCUT2D eigenvalue weighted by molar-refractivity contribution is 6.05. The number of carbonyl (C=O) groups is 3. The molecule has 1 aliphatic carbocycles. The Labute approximate surface area is 268 Å². The average Bonchev–Trinajstić information content (AvgIpc) is 3.69. The summed E-state index contributed by atoms with van der Waals surface area (Å²) in [6, 6.07) is 11.3. The second-order valence-corrected chi connectivity index (χ2v) is 11.9. The number of ether oxygens (including phenoxy) is 2. The van der Waals surface area contributed by atoms with Crippen LogP contribution in [0.3, 0.4) is 0 Å². The van der Waals surface area contributed by atoms with Crippen LogP contribution < -0.4 is 21.1 Å². The molecule has 6 rings (SSSR count). The van der Waals surface area contributed by atoms with Gasteiger partial charge in [-0.25, -0.2) is 4.68 Å². The van der Waals surface area contributed by atoms with E-state index in [-0.39, 0.29) is 18.2 Å². The van der Waals surface area contributed by atoms with Crippen LogP contribution in [0.15, 0.2) is 42.6 Å². The Morgan fingerprint density at radius 1 is 1.09 bits per heavy atom. The van der Waals surface area contributed by atoms with Crippen LogP contribution in [-0.2, 0) is 20.9 Å². The topological polar surface area (TPSA) is 154 Å². The van der Waals surface area contributed by atoms with Crippen LogP contribution in [0.4, 0.5) is 5.69 Å². The van der Waals surface area contributed by atoms with Crippen LogP contribution in [0.5, 0.6) is 5.75 Å². The molecule has 1 saturated heterocycles. The molecule has 0 bridgehead atoms. The fourth-order valence-electron chi connectivity index (χ4n) is 6.42. The Balaban J connectivity index is 0.892. The molecular formula is C34H39N7O5.